The van der Waals surface area contributed by atoms with E-state index in [1.807, 2.05) is 37.3 Å². The lowest BCUT2D eigenvalue weighted by Gasteiger charge is -2.25. The van der Waals surface area contributed by atoms with E-state index in [2.05, 4.69) is 51.6 Å². The molecule has 0 saturated heterocycles. The average Bonchev–Trinajstić information content (AvgIpc) is 2.84. The number of hydrogen-bond donors (Lipinski definition) is 3. The van der Waals surface area contributed by atoms with Crippen LogP contribution in [-0.2, 0) is 0 Å². The highest BCUT2D eigenvalue weighted by Crippen LogP contribution is 2.33. The highest BCUT2D eigenvalue weighted by atomic mass is 16.5. The number of nitrogens with zero attached hydrogens (tertiary/aromatic N) is 3. The van der Waals surface area contributed by atoms with Crippen molar-refractivity contribution in [3.05, 3.63) is 60.6 Å². The molecule has 3 rings (SSSR count). The van der Waals surface area contributed by atoms with E-state index >= 15 is 0 Å². The van der Waals surface area contributed by atoms with Gasteiger partial charge in [-0.15, -0.1) is 0 Å². The van der Waals surface area contributed by atoms with Crippen LogP contribution in [0.3, 0.4) is 0 Å². The molecule has 0 bridgehead atoms. The molecule has 0 aliphatic heterocycles. The summed E-state index contributed by atoms with van der Waals surface area (Å²) in [7, 11) is 1.72. The van der Waals surface area contributed by atoms with Crippen LogP contribution in [0.25, 0.3) is 11.3 Å². The summed E-state index contributed by atoms with van der Waals surface area (Å²) in [6, 6.07) is 13.9. The molecule has 0 radical (unpaired) electrons. The van der Waals surface area contributed by atoms with Gasteiger partial charge in [-0.1, -0.05) is 38.5 Å². The monoisotopic (exact) mass is 435 g/mol. The van der Waals surface area contributed by atoms with Crippen molar-refractivity contribution in [3.8, 4) is 17.0 Å². The smallest absolute Gasteiger partial charge is 0.129 e. The first-order chi connectivity index (χ1) is 15.5. The predicted molar refractivity (Wildman–Crippen MR) is 129 cm³/mol. The van der Waals surface area contributed by atoms with E-state index < -0.39 is 0 Å². The molecule has 7 nitrogen and oxygen atoms in total. The van der Waals surface area contributed by atoms with Crippen molar-refractivity contribution in [2.45, 2.75) is 39.2 Å². The van der Waals surface area contributed by atoms with Crippen molar-refractivity contribution in [3.63, 3.8) is 0 Å². The van der Waals surface area contributed by atoms with Crippen LogP contribution in [0, 0.1) is 5.92 Å². The van der Waals surface area contributed by atoms with E-state index in [9.17, 15) is 5.11 Å². The number of aliphatic hydroxyl groups is 1. The lowest BCUT2D eigenvalue weighted by atomic mass is 9.85. The first-order valence-corrected chi connectivity index (χ1v) is 11.1. The molecule has 2 heterocycles. The predicted octanol–water partition coefficient (Wildman–Crippen LogP) is 4.58. The Morgan fingerprint density at radius 3 is 2.59 bits per heavy atom. The number of para-hydroxylation sites is 1. The third kappa shape index (κ3) is 5.95. The lowest BCUT2D eigenvalue weighted by molar-refractivity contribution is 0.281. The maximum Gasteiger partial charge on any atom is 0.129 e. The number of methoxy groups -OCH3 is 1. The Morgan fingerprint density at radius 1 is 1.03 bits per heavy atom. The van der Waals surface area contributed by atoms with Crippen LogP contribution in [0.5, 0.6) is 5.75 Å². The minimum atomic E-state index is -0.0726. The number of ether oxygens (including phenoxy) is 1. The lowest BCUT2D eigenvalue weighted by Crippen LogP contribution is -2.20. The Kier molecular flexibility index (Phi) is 8.39. The quantitative estimate of drug-likeness (QED) is 0.406. The zero-order valence-electron chi connectivity index (χ0n) is 19.2. The average molecular weight is 436 g/mol. The van der Waals surface area contributed by atoms with E-state index in [-0.39, 0.29) is 12.6 Å². The molecule has 0 aliphatic carbocycles. The Morgan fingerprint density at radius 2 is 1.84 bits per heavy atom. The van der Waals surface area contributed by atoms with Gasteiger partial charge in [-0.25, -0.2) is 15.0 Å². The summed E-state index contributed by atoms with van der Waals surface area (Å²) in [5.41, 5.74) is 2.98. The van der Waals surface area contributed by atoms with Gasteiger partial charge in [0.25, 0.3) is 0 Å². The van der Waals surface area contributed by atoms with Gasteiger partial charge in [0.05, 0.1) is 19.4 Å². The van der Waals surface area contributed by atoms with Crippen molar-refractivity contribution in [1.29, 1.82) is 0 Å². The molecule has 0 spiro atoms. The molecule has 0 saturated carbocycles. The van der Waals surface area contributed by atoms with Gasteiger partial charge in [-0.2, -0.15) is 0 Å². The van der Waals surface area contributed by atoms with E-state index in [4.69, 9.17) is 4.74 Å². The normalized spacial score (nSPS) is 13.8. The fourth-order valence-electron chi connectivity index (χ4n) is 3.79. The van der Waals surface area contributed by atoms with Crippen molar-refractivity contribution in [2.24, 2.45) is 5.92 Å². The second kappa shape index (κ2) is 11.4. The summed E-state index contributed by atoms with van der Waals surface area (Å²) in [6.07, 6.45) is 4.34. The van der Waals surface area contributed by atoms with Crippen LogP contribution in [0.4, 0.5) is 11.6 Å². The van der Waals surface area contributed by atoms with Gasteiger partial charge in [0.2, 0.25) is 0 Å². The molecule has 2 unspecified atom stereocenters. The second-order valence-corrected chi connectivity index (χ2v) is 8.03. The summed E-state index contributed by atoms with van der Waals surface area (Å²) in [4.78, 5) is 13.2. The van der Waals surface area contributed by atoms with Gasteiger partial charge in [0.15, 0.2) is 0 Å². The van der Waals surface area contributed by atoms with E-state index in [1.54, 1.807) is 19.6 Å². The van der Waals surface area contributed by atoms with E-state index in [0.717, 1.165) is 35.8 Å². The molecule has 3 N–H and O–H groups in total. The molecule has 170 valence electrons. The van der Waals surface area contributed by atoms with Crippen LogP contribution >= 0.6 is 0 Å². The minimum absolute atomic E-state index is 0.0410. The van der Waals surface area contributed by atoms with Gasteiger partial charge in [0.1, 0.15) is 23.7 Å². The Labute approximate surface area is 190 Å². The third-order valence-electron chi connectivity index (χ3n) is 5.80. The van der Waals surface area contributed by atoms with Gasteiger partial charge in [0, 0.05) is 30.4 Å². The van der Waals surface area contributed by atoms with Gasteiger partial charge in [-0.3, -0.25) is 0 Å². The first-order valence-electron chi connectivity index (χ1n) is 11.1. The van der Waals surface area contributed by atoms with Crippen molar-refractivity contribution >= 4 is 11.6 Å². The zero-order valence-corrected chi connectivity index (χ0v) is 19.2. The van der Waals surface area contributed by atoms with Crippen molar-refractivity contribution in [1.82, 2.24) is 15.0 Å². The van der Waals surface area contributed by atoms with Gasteiger partial charge >= 0.3 is 0 Å². The van der Waals surface area contributed by atoms with Crippen molar-refractivity contribution in [2.75, 3.05) is 30.9 Å². The number of rotatable bonds is 11. The summed E-state index contributed by atoms with van der Waals surface area (Å²) in [5, 5.41) is 15.9. The number of benzene rings is 1. The summed E-state index contributed by atoms with van der Waals surface area (Å²) in [5.74, 6) is 3.18. The minimum Gasteiger partial charge on any atom is -0.496 e. The summed E-state index contributed by atoms with van der Waals surface area (Å²) >= 11 is 0. The molecule has 7 heteroatoms. The number of aromatic nitrogens is 3. The van der Waals surface area contributed by atoms with Crippen LogP contribution in [0.1, 0.15) is 38.7 Å². The highest BCUT2D eigenvalue weighted by molar-refractivity contribution is 5.65. The van der Waals surface area contributed by atoms with Crippen LogP contribution in [0.15, 0.2) is 55.0 Å². The SMILES string of the molecule is CCC(CNc1cc(-c2ccnc(N[C@@H](C)CO)c2)ncn1)C(C)c1ccccc1OC. The molecule has 0 aliphatic rings. The standard InChI is InChI=1S/C25H33N5O2/c1-5-19(18(3)21-8-6-7-9-23(21)32-4)14-27-24-13-22(28-16-29-24)20-10-11-26-25(12-20)30-17(2)15-31/h6-13,16-19,31H,5,14-15H2,1-4H3,(H,26,30)(H,27,28,29)/t17-,18?,19?/m0/s1. The first kappa shape index (κ1) is 23.5. The molecule has 0 amide bonds. The topological polar surface area (TPSA) is 92.2 Å². The second-order valence-electron chi connectivity index (χ2n) is 8.03. The fraction of sp³-hybridized carbons (Fsp3) is 0.400. The third-order valence-corrected chi connectivity index (χ3v) is 5.80. The molecular weight excluding hydrogens is 402 g/mol. The summed E-state index contributed by atoms with van der Waals surface area (Å²) < 4.78 is 5.56. The number of aliphatic hydroxyl groups excluding tert-OH is 1. The fourth-order valence-corrected chi connectivity index (χ4v) is 3.79. The maximum atomic E-state index is 9.26. The number of anilines is 2. The van der Waals surface area contributed by atoms with E-state index in [0.29, 0.717) is 17.7 Å². The number of hydrogen-bond acceptors (Lipinski definition) is 7. The molecule has 3 aromatic rings. The number of pyridine rings is 1. The Balaban J connectivity index is 1.71. The van der Waals surface area contributed by atoms with Gasteiger partial charge < -0.3 is 20.5 Å². The van der Waals surface area contributed by atoms with Crippen molar-refractivity contribution < 1.29 is 9.84 Å². The van der Waals surface area contributed by atoms with Crippen LogP contribution in [-0.4, -0.2) is 46.4 Å². The molecule has 32 heavy (non-hydrogen) atoms. The summed E-state index contributed by atoms with van der Waals surface area (Å²) in [6.45, 7) is 7.19. The molecule has 0 fully saturated rings. The van der Waals surface area contributed by atoms with Gasteiger partial charge in [-0.05, 0) is 42.5 Å². The molecule has 2 aromatic heterocycles. The van der Waals surface area contributed by atoms with Crippen LogP contribution < -0.4 is 15.4 Å². The molecular formula is C25H33N5O2. The maximum absolute atomic E-state index is 9.26. The zero-order chi connectivity index (χ0) is 22.9. The molecule has 3 atom stereocenters. The Hall–Kier alpha value is -3.19. The number of nitrogens with one attached hydrogen (secondary N) is 2. The molecule has 1 aromatic carbocycles. The van der Waals surface area contributed by atoms with Crippen LogP contribution in [0.2, 0.25) is 0 Å². The van der Waals surface area contributed by atoms with E-state index in [1.165, 1.54) is 5.56 Å². The highest BCUT2D eigenvalue weighted by Gasteiger charge is 2.20. The largest absolute Gasteiger partial charge is 0.496 e. The Bertz CT molecular complexity index is 997.